The molecule has 5 heteroatoms. The van der Waals surface area contributed by atoms with E-state index in [0.29, 0.717) is 18.7 Å². The van der Waals surface area contributed by atoms with Crippen LogP contribution >= 0.6 is 0 Å². The molecule has 0 saturated heterocycles. The number of carbonyl (C=O) groups is 1. The van der Waals surface area contributed by atoms with Crippen molar-refractivity contribution in [3.63, 3.8) is 0 Å². The van der Waals surface area contributed by atoms with Gasteiger partial charge in [0, 0.05) is 35.1 Å². The summed E-state index contributed by atoms with van der Waals surface area (Å²) in [5.41, 5.74) is 6.65. The Hall–Kier alpha value is -3.60. The Balaban J connectivity index is 1.64. The van der Waals surface area contributed by atoms with E-state index in [2.05, 4.69) is 26.0 Å². The van der Waals surface area contributed by atoms with E-state index in [9.17, 15) is 15.0 Å². The predicted octanol–water partition coefficient (Wildman–Crippen LogP) is 5.60. The van der Waals surface area contributed by atoms with Crippen LogP contribution < -0.4 is 4.74 Å². The molecule has 0 spiro atoms. The minimum absolute atomic E-state index is 0.191. The molecule has 0 atom stereocenters. The van der Waals surface area contributed by atoms with E-state index in [-0.39, 0.29) is 16.7 Å². The molecule has 0 saturated carbocycles. The fourth-order valence-corrected chi connectivity index (χ4v) is 4.86. The number of carboxylic acid groups (broad SMARTS) is 1. The van der Waals surface area contributed by atoms with Gasteiger partial charge in [-0.15, -0.1) is 0 Å². The van der Waals surface area contributed by atoms with Crippen molar-refractivity contribution < 1.29 is 19.7 Å². The van der Waals surface area contributed by atoms with E-state index in [0.717, 1.165) is 39.1 Å². The van der Waals surface area contributed by atoms with Gasteiger partial charge in [0.25, 0.3) is 0 Å². The molecule has 3 aromatic rings. The number of hydrogen-bond acceptors (Lipinski definition) is 4. The molecule has 2 aliphatic rings. The van der Waals surface area contributed by atoms with E-state index in [4.69, 9.17) is 9.73 Å². The first-order valence-corrected chi connectivity index (χ1v) is 11.1. The van der Waals surface area contributed by atoms with Gasteiger partial charge in [0.15, 0.2) is 11.5 Å². The third-order valence-corrected chi connectivity index (χ3v) is 6.54. The lowest BCUT2D eigenvalue weighted by atomic mass is 9.74. The summed E-state index contributed by atoms with van der Waals surface area (Å²) in [7, 11) is 0. The van der Waals surface area contributed by atoms with E-state index < -0.39 is 11.6 Å². The molecular formula is C28H27NO4. The van der Waals surface area contributed by atoms with Crippen molar-refractivity contribution in [2.24, 2.45) is 4.99 Å². The summed E-state index contributed by atoms with van der Waals surface area (Å²) < 4.78 is 6.11. The van der Waals surface area contributed by atoms with Gasteiger partial charge in [0.1, 0.15) is 5.60 Å². The summed E-state index contributed by atoms with van der Waals surface area (Å²) in [5, 5.41) is 19.9. The van der Waals surface area contributed by atoms with Crippen molar-refractivity contribution >= 4 is 11.7 Å². The molecule has 0 bridgehead atoms. The number of aromatic carboxylic acids is 1. The Morgan fingerprint density at radius 2 is 1.67 bits per heavy atom. The second-order valence-electron chi connectivity index (χ2n) is 10.2. The monoisotopic (exact) mass is 441 g/mol. The maximum absolute atomic E-state index is 11.2. The maximum Gasteiger partial charge on any atom is 0.335 e. The van der Waals surface area contributed by atoms with E-state index in [1.807, 2.05) is 44.2 Å². The van der Waals surface area contributed by atoms with E-state index >= 15 is 0 Å². The van der Waals surface area contributed by atoms with Gasteiger partial charge >= 0.3 is 5.97 Å². The number of aliphatic imine (C=N–C) groups is 1. The summed E-state index contributed by atoms with van der Waals surface area (Å²) in [4.78, 5) is 16.2. The largest absolute Gasteiger partial charge is 0.504 e. The minimum atomic E-state index is -0.937. The van der Waals surface area contributed by atoms with Crippen LogP contribution in [0.15, 0.2) is 59.6 Å². The first-order chi connectivity index (χ1) is 15.6. The second kappa shape index (κ2) is 7.20. The highest BCUT2D eigenvalue weighted by atomic mass is 16.5. The van der Waals surface area contributed by atoms with Crippen LogP contribution in [0.5, 0.6) is 11.5 Å². The Bertz CT molecular complexity index is 1320. The fourth-order valence-electron chi connectivity index (χ4n) is 4.86. The number of fused-ring (bicyclic) bond motifs is 3. The number of nitrogens with zero attached hydrogens (tertiary/aromatic N) is 1. The maximum atomic E-state index is 11.2. The third-order valence-electron chi connectivity index (χ3n) is 6.54. The smallest absolute Gasteiger partial charge is 0.335 e. The minimum Gasteiger partial charge on any atom is -0.504 e. The van der Waals surface area contributed by atoms with Crippen LogP contribution in [-0.4, -0.2) is 34.0 Å². The average Bonchev–Trinajstić information content (AvgIpc) is 3.10. The van der Waals surface area contributed by atoms with Gasteiger partial charge in [-0.05, 0) is 54.8 Å². The van der Waals surface area contributed by atoms with Gasteiger partial charge in [0.05, 0.1) is 11.3 Å². The van der Waals surface area contributed by atoms with Crippen LogP contribution in [0, 0.1) is 0 Å². The summed E-state index contributed by atoms with van der Waals surface area (Å²) in [6, 6.07) is 16.9. The first-order valence-electron chi connectivity index (χ1n) is 11.1. The van der Waals surface area contributed by atoms with Crippen molar-refractivity contribution in [1.29, 1.82) is 0 Å². The number of hydrogen-bond donors (Lipinski definition) is 2. The second-order valence-corrected chi connectivity index (χ2v) is 10.2. The van der Waals surface area contributed by atoms with E-state index in [1.165, 1.54) is 0 Å². The molecule has 2 aliphatic heterocycles. The summed E-state index contributed by atoms with van der Waals surface area (Å²) in [5.74, 6) is -0.186. The van der Waals surface area contributed by atoms with Crippen molar-refractivity contribution in [3.05, 3.63) is 82.4 Å². The van der Waals surface area contributed by atoms with Crippen molar-refractivity contribution in [2.75, 3.05) is 6.54 Å². The molecule has 0 fully saturated rings. The highest BCUT2D eigenvalue weighted by molar-refractivity contribution is 6.16. The highest BCUT2D eigenvalue weighted by Gasteiger charge is 2.40. The molecule has 0 amide bonds. The molecule has 0 aliphatic carbocycles. The highest BCUT2D eigenvalue weighted by Crippen LogP contribution is 2.49. The lowest BCUT2D eigenvalue weighted by Crippen LogP contribution is -2.31. The van der Waals surface area contributed by atoms with Crippen LogP contribution in [0.1, 0.15) is 60.3 Å². The quantitative estimate of drug-likeness (QED) is 0.555. The Labute approximate surface area is 193 Å². The molecule has 0 radical (unpaired) electrons. The zero-order valence-corrected chi connectivity index (χ0v) is 19.3. The lowest BCUT2D eigenvalue weighted by molar-refractivity contribution is 0.0697. The number of phenolic OH excluding ortho intramolecular Hbond substituents is 1. The lowest BCUT2D eigenvalue weighted by Gasteiger charge is -2.33. The van der Waals surface area contributed by atoms with Crippen molar-refractivity contribution in [3.8, 4) is 22.6 Å². The molecule has 5 nitrogen and oxygen atoms in total. The van der Waals surface area contributed by atoms with Gasteiger partial charge in [-0.25, -0.2) is 4.79 Å². The molecule has 5 rings (SSSR count). The molecule has 168 valence electrons. The van der Waals surface area contributed by atoms with Crippen LogP contribution in [0.2, 0.25) is 0 Å². The fraction of sp³-hybridized carbons (Fsp3) is 0.286. The van der Waals surface area contributed by atoms with Gasteiger partial charge in [-0.3, -0.25) is 4.99 Å². The van der Waals surface area contributed by atoms with Crippen LogP contribution in [-0.2, 0) is 11.8 Å². The SMILES string of the molecule is CC1(C)Cc2c(c(O)cc3c2C(c2cccc(-c4ccc(C(=O)O)cc4)c2)=NCC3(C)C)O1. The molecule has 2 heterocycles. The Morgan fingerprint density at radius 1 is 0.970 bits per heavy atom. The van der Waals surface area contributed by atoms with Crippen molar-refractivity contribution in [2.45, 2.75) is 45.1 Å². The van der Waals surface area contributed by atoms with Gasteiger partial charge < -0.3 is 14.9 Å². The number of ether oxygens (including phenoxy) is 1. The molecule has 2 N–H and O–H groups in total. The standard InChI is InChI=1S/C28H27NO4/c1-27(2)15-29-24(23-20-14-28(3,4)33-25(20)22(30)13-21(23)27)19-7-5-6-18(12-19)16-8-10-17(11-9-16)26(31)32/h5-13,30H,14-15H2,1-4H3,(H,31,32). The Kier molecular flexibility index (Phi) is 4.64. The Morgan fingerprint density at radius 3 is 2.36 bits per heavy atom. The van der Waals surface area contributed by atoms with Gasteiger partial charge in [-0.2, -0.15) is 0 Å². The topological polar surface area (TPSA) is 79.1 Å². The van der Waals surface area contributed by atoms with Crippen LogP contribution in [0.3, 0.4) is 0 Å². The van der Waals surface area contributed by atoms with Crippen LogP contribution in [0.4, 0.5) is 0 Å². The summed E-state index contributed by atoms with van der Waals surface area (Å²) >= 11 is 0. The normalized spacial score (nSPS) is 17.5. The zero-order chi connectivity index (χ0) is 23.5. The number of benzene rings is 3. The number of aromatic hydroxyl groups is 1. The van der Waals surface area contributed by atoms with Crippen LogP contribution in [0.25, 0.3) is 11.1 Å². The van der Waals surface area contributed by atoms with Gasteiger partial charge in [0.2, 0.25) is 0 Å². The molecule has 33 heavy (non-hydrogen) atoms. The third kappa shape index (κ3) is 3.58. The average molecular weight is 442 g/mol. The summed E-state index contributed by atoms with van der Waals surface area (Å²) in [6.45, 7) is 8.99. The number of rotatable bonds is 3. The first kappa shape index (κ1) is 21.3. The summed E-state index contributed by atoms with van der Waals surface area (Å²) in [6.07, 6.45) is 0.699. The molecular weight excluding hydrogens is 414 g/mol. The van der Waals surface area contributed by atoms with Crippen molar-refractivity contribution in [1.82, 2.24) is 0 Å². The number of carboxylic acids is 1. The predicted molar refractivity (Wildman–Crippen MR) is 129 cm³/mol. The zero-order valence-electron chi connectivity index (χ0n) is 19.3. The molecule has 0 aromatic heterocycles. The number of phenols is 1. The molecule has 3 aromatic carbocycles. The molecule has 0 unspecified atom stereocenters. The van der Waals surface area contributed by atoms with E-state index in [1.54, 1.807) is 12.1 Å². The van der Waals surface area contributed by atoms with Gasteiger partial charge in [-0.1, -0.05) is 44.2 Å².